The van der Waals surface area contributed by atoms with Gasteiger partial charge in [-0.2, -0.15) is 0 Å². The fourth-order valence-electron chi connectivity index (χ4n) is 8.15. The molecule has 5 rings (SSSR count). The largest absolute Gasteiger partial charge is 0.243 e. The van der Waals surface area contributed by atoms with Gasteiger partial charge < -0.3 is 0 Å². The lowest BCUT2D eigenvalue weighted by Gasteiger charge is -2.66. The van der Waals surface area contributed by atoms with Gasteiger partial charge >= 0.3 is 0 Å². The first kappa shape index (κ1) is 17.7. The van der Waals surface area contributed by atoms with E-state index in [1.54, 1.807) is 55.8 Å². The molecule has 4 bridgehead atoms. The predicted octanol–water partition coefficient (Wildman–Crippen LogP) is 7.02. The van der Waals surface area contributed by atoms with Crippen molar-refractivity contribution < 1.29 is 0 Å². The van der Waals surface area contributed by atoms with Crippen LogP contribution in [0.4, 0.5) is 0 Å². The maximum Gasteiger partial charge on any atom is -0.0170 e. The molecule has 0 nitrogen and oxygen atoms in total. The Hall–Kier alpha value is 0.350. The minimum atomic E-state index is -0.384. The maximum atomic E-state index is 2.80. The van der Waals surface area contributed by atoms with E-state index in [9.17, 15) is 0 Å². The van der Waals surface area contributed by atoms with Crippen molar-refractivity contribution in [3.8, 4) is 0 Å². The van der Waals surface area contributed by atoms with Gasteiger partial charge in [-0.1, -0.05) is 52.4 Å². The molecule has 0 radical (unpaired) electrons. The standard InChI is InChI=1S/C23H42S/c1-4-11-20-19-16-23(14-10-12-21(19)23)18-24(3)15-9-7-5-6-8-13-22(20,2)17-24/h19-21H,4-18H2,1-3H3. The van der Waals surface area contributed by atoms with E-state index >= 15 is 0 Å². The summed E-state index contributed by atoms with van der Waals surface area (Å²) in [6, 6.07) is 0. The van der Waals surface area contributed by atoms with Crippen molar-refractivity contribution in [1.29, 1.82) is 0 Å². The molecule has 1 heteroatoms. The van der Waals surface area contributed by atoms with Crippen LogP contribution in [0.3, 0.4) is 0 Å². The summed E-state index contributed by atoms with van der Waals surface area (Å²) in [6.07, 6.45) is 21.3. The van der Waals surface area contributed by atoms with E-state index in [1.807, 2.05) is 0 Å². The van der Waals surface area contributed by atoms with Gasteiger partial charge in [-0.3, -0.25) is 0 Å². The van der Waals surface area contributed by atoms with E-state index in [0.29, 0.717) is 5.41 Å². The molecule has 3 heterocycles. The van der Waals surface area contributed by atoms with Crippen molar-refractivity contribution in [2.45, 2.75) is 90.9 Å². The van der Waals surface area contributed by atoms with E-state index in [1.165, 1.54) is 38.5 Å². The van der Waals surface area contributed by atoms with Crippen molar-refractivity contribution in [1.82, 2.24) is 0 Å². The summed E-state index contributed by atoms with van der Waals surface area (Å²) in [7, 11) is -0.384. The second kappa shape index (κ2) is 6.50. The molecule has 0 amide bonds. The van der Waals surface area contributed by atoms with Crippen LogP contribution in [0, 0.1) is 28.6 Å². The van der Waals surface area contributed by atoms with E-state index in [4.69, 9.17) is 0 Å². The predicted molar refractivity (Wildman–Crippen MR) is 110 cm³/mol. The zero-order valence-corrected chi connectivity index (χ0v) is 17.6. The summed E-state index contributed by atoms with van der Waals surface area (Å²) in [4.78, 5) is 0. The third-order valence-corrected chi connectivity index (χ3v) is 12.7. The van der Waals surface area contributed by atoms with Gasteiger partial charge in [0.15, 0.2) is 0 Å². The lowest BCUT2D eigenvalue weighted by molar-refractivity contribution is -0.0754. The molecule has 0 N–H and O–H groups in total. The Balaban J connectivity index is 1.70. The molecule has 24 heavy (non-hydrogen) atoms. The molecule has 140 valence electrons. The lowest BCUT2D eigenvalue weighted by Crippen LogP contribution is -2.57. The Bertz CT molecular complexity index is 459. The van der Waals surface area contributed by atoms with Crippen LogP contribution in [0.2, 0.25) is 0 Å². The molecule has 3 aliphatic heterocycles. The highest BCUT2D eigenvalue weighted by atomic mass is 32.3. The Morgan fingerprint density at radius 2 is 1.75 bits per heavy atom. The number of rotatable bonds is 2. The van der Waals surface area contributed by atoms with Crippen LogP contribution in [0.1, 0.15) is 90.9 Å². The molecule has 3 saturated heterocycles. The first-order valence-electron chi connectivity index (χ1n) is 11.2. The first-order valence-corrected chi connectivity index (χ1v) is 13.8. The van der Waals surface area contributed by atoms with Gasteiger partial charge in [-0.15, -0.1) is 0 Å². The van der Waals surface area contributed by atoms with Gasteiger partial charge in [-0.25, -0.2) is 10.0 Å². The fourth-order valence-corrected chi connectivity index (χ4v) is 13.3. The molecule has 5 fully saturated rings. The molecule has 5 aliphatic rings. The summed E-state index contributed by atoms with van der Waals surface area (Å²) < 4.78 is 0. The number of hydrogen-bond acceptors (Lipinski definition) is 0. The molecule has 6 unspecified atom stereocenters. The topological polar surface area (TPSA) is 0 Å². The Labute approximate surface area is 153 Å². The Kier molecular flexibility index (Phi) is 4.81. The van der Waals surface area contributed by atoms with Gasteiger partial charge in [0.25, 0.3) is 0 Å². The fraction of sp³-hybridized carbons (Fsp3) is 1.00. The van der Waals surface area contributed by atoms with Crippen LogP contribution in [-0.2, 0) is 0 Å². The van der Waals surface area contributed by atoms with Gasteiger partial charge in [0, 0.05) is 0 Å². The zero-order chi connectivity index (χ0) is 16.8. The van der Waals surface area contributed by atoms with Crippen molar-refractivity contribution in [3.63, 3.8) is 0 Å². The number of hydrogen-bond donors (Lipinski definition) is 0. The third-order valence-electron chi connectivity index (χ3n) is 8.85. The second-order valence-electron chi connectivity index (χ2n) is 10.8. The van der Waals surface area contributed by atoms with Gasteiger partial charge in [0.1, 0.15) is 0 Å². The van der Waals surface area contributed by atoms with E-state index in [-0.39, 0.29) is 10.0 Å². The quantitative estimate of drug-likeness (QED) is 0.502. The summed E-state index contributed by atoms with van der Waals surface area (Å²) in [5.41, 5.74) is 1.52. The Morgan fingerprint density at radius 3 is 2.58 bits per heavy atom. The maximum absolute atomic E-state index is 2.80. The van der Waals surface area contributed by atoms with E-state index in [2.05, 4.69) is 20.1 Å². The van der Waals surface area contributed by atoms with Crippen molar-refractivity contribution in [2.24, 2.45) is 28.6 Å². The van der Waals surface area contributed by atoms with Crippen molar-refractivity contribution >= 4 is 10.0 Å². The van der Waals surface area contributed by atoms with Gasteiger partial charge in [0.2, 0.25) is 0 Å². The molecule has 2 aliphatic carbocycles. The van der Waals surface area contributed by atoms with Crippen LogP contribution < -0.4 is 0 Å². The van der Waals surface area contributed by atoms with E-state index < -0.39 is 0 Å². The first-order chi connectivity index (χ1) is 11.5. The average molecular weight is 351 g/mol. The molecule has 0 aromatic carbocycles. The molecule has 0 aromatic heterocycles. The minimum Gasteiger partial charge on any atom is -0.243 e. The van der Waals surface area contributed by atoms with Crippen LogP contribution in [0.25, 0.3) is 0 Å². The SMILES string of the molecule is CCCC1C2CC3(CCCC23)CS2(C)CCCCCCCC1(C)C2. The third kappa shape index (κ3) is 2.89. The molecule has 1 spiro atoms. The molecule has 2 saturated carbocycles. The highest BCUT2D eigenvalue weighted by molar-refractivity contribution is 8.33. The van der Waals surface area contributed by atoms with Crippen molar-refractivity contribution in [3.05, 3.63) is 0 Å². The highest BCUT2D eigenvalue weighted by Crippen LogP contribution is 2.73. The molecule has 6 atom stereocenters. The summed E-state index contributed by atoms with van der Waals surface area (Å²) >= 11 is 0. The monoisotopic (exact) mass is 350 g/mol. The smallest absolute Gasteiger partial charge is 0.0170 e. The van der Waals surface area contributed by atoms with Crippen LogP contribution >= 0.6 is 10.0 Å². The Morgan fingerprint density at radius 1 is 0.958 bits per heavy atom. The summed E-state index contributed by atoms with van der Waals surface area (Å²) in [5.74, 6) is 8.24. The van der Waals surface area contributed by atoms with Crippen LogP contribution in [0.5, 0.6) is 0 Å². The lowest BCUT2D eigenvalue weighted by atomic mass is 9.48. The highest BCUT2D eigenvalue weighted by Gasteiger charge is 2.63. The van der Waals surface area contributed by atoms with Crippen LogP contribution in [-0.4, -0.2) is 23.5 Å². The zero-order valence-electron chi connectivity index (χ0n) is 16.7. The van der Waals surface area contributed by atoms with Crippen LogP contribution in [0.15, 0.2) is 0 Å². The van der Waals surface area contributed by atoms with Gasteiger partial charge in [0.05, 0.1) is 0 Å². The normalized spacial score (nSPS) is 54.5. The van der Waals surface area contributed by atoms with Gasteiger partial charge in [-0.05, 0) is 90.6 Å². The van der Waals surface area contributed by atoms with Crippen molar-refractivity contribution in [2.75, 3.05) is 23.5 Å². The minimum absolute atomic E-state index is 0.384. The molecule has 0 aromatic rings. The molecular weight excluding hydrogens is 308 g/mol. The summed E-state index contributed by atoms with van der Waals surface area (Å²) in [5, 5.41) is 0. The second-order valence-corrected chi connectivity index (χ2v) is 14.7. The van der Waals surface area contributed by atoms with E-state index in [0.717, 1.165) is 23.2 Å². The summed E-state index contributed by atoms with van der Waals surface area (Å²) in [6.45, 7) is 5.22. The average Bonchev–Trinajstić information content (AvgIpc) is 2.81. The molecular formula is C23H42S.